The molecule has 0 radical (unpaired) electrons. The van der Waals surface area contributed by atoms with Crippen LogP contribution in [0.15, 0.2) is 23.3 Å². The number of amides is 1. The number of benzene rings is 1. The number of nitrogens with one attached hydrogen (secondary N) is 1. The first-order chi connectivity index (χ1) is 13.1. The summed E-state index contributed by atoms with van der Waals surface area (Å²) in [5, 5.41) is 4.30. The van der Waals surface area contributed by atoms with Crippen LogP contribution < -0.4 is 10.2 Å². The van der Waals surface area contributed by atoms with E-state index in [1.807, 2.05) is 0 Å². The third-order valence-corrected chi connectivity index (χ3v) is 7.09. The molecule has 5 heteroatoms. The molecule has 1 unspecified atom stereocenters. The molecule has 1 N–H and O–H groups in total. The largest absolute Gasteiger partial charge is 0.487 e. The molecule has 1 atom stereocenters. The second-order valence-electron chi connectivity index (χ2n) is 8.87. The zero-order chi connectivity index (χ0) is 18.4. The highest BCUT2D eigenvalue weighted by molar-refractivity contribution is 6.05. The Balaban J connectivity index is 1.30. The highest BCUT2D eigenvalue weighted by Crippen LogP contribution is 2.41. The molecule has 3 heterocycles. The van der Waals surface area contributed by atoms with E-state index in [4.69, 9.17) is 4.74 Å². The minimum absolute atomic E-state index is 0.00253. The molecule has 4 aliphatic rings. The third kappa shape index (κ3) is 3.16. The summed E-state index contributed by atoms with van der Waals surface area (Å²) in [6.07, 6.45) is 9.19. The van der Waals surface area contributed by atoms with E-state index >= 15 is 0 Å². The Morgan fingerprint density at radius 2 is 2.04 bits per heavy atom. The average molecular weight is 367 g/mol. The zero-order valence-electron chi connectivity index (χ0n) is 16.2. The van der Waals surface area contributed by atoms with Gasteiger partial charge in [0.1, 0.15) is 11.4 Å². The Morgan fingerprint density at radius 1 is 1.22 bits per heavy atom. The lowest BCUT2D eigenvalue weighted by molar-refractivity contribution is -0.121. The van der Waals surface area contributed by atoms with Gasteiger partial charge >= 0.3 is 0 Å². The van der Waals surface area contributed by atoms with Gasteiger partial charge in [0.05, 0.1) is 5.71 Å². The quantitative estimate of drug-likeness (QED) is 0.873. The highest BCUT2D eigenvalue weighted by Gasteiger charge is 2.41. The van der Waals surface area contributed by atoms with Gasteiger partial charge in [0.2, 0.25) is 5.91 Å². The van der Waals surface area contributed by atoms with Gasteiger partial charge in [-0.05, 0) is 67.9 Å². The second-order valence-corrected chi connectivity index (χ2v) is 8.87. The van der Waals surface area contributed by atoms with E-state index in [1.54, 1.807) is 0 Å². The summed E-state index contributed by atoms with van der Waals surface area (Å²) in [5.74, 6) is 1.21. The van der Waals surface area contributed by atoms with Gasteiger partial charge in [-0.3, -0.25) is 4.79 Å². The van der Waals surface area contributed by atoms with Crippen molar-refractivity contribution in [3.05, 3.63) is 29.3 Å². The fourth-order valence-corrected chi connectivity index (χ4v) is 5.08. The van der Waals surface area contributed by atoms with Crippen molar-refractivity contribution in [2.45, 2.75) is 69.9 Å². The van der Waals surface area contributed by atoms with Crippen LogP contribution in [-0.4, -0.2) is 41.3 Å². The molecular formula is C22H29N3O2. The summed E-state index contributed by atoms with van der Waals surface area (Å²) in [5.41, 5.74) is 6.04. The normalized spacial score (nSPS) is 28.0. The molecule has 1 saturated carbocycles. The number of nitrogens with zero attached hydrogens (tertiary/aromatic N) is 2. The van der Waals surface area contributed by atoms with E-state index in [9.17, 15) is 4.79 Å². The van der Waals surface area contributed by atoms with Crippen molar-refractivity contribution in [3.63, 3.8) is 0 Å². The molecule has 27 heavy (non-hydrogen) atoms. The lowest BCUT2D eigenvalue weighted by atomic mass is 9.80. The molecule has 1 aliphatic carbocycles. The molecule has 1 saturated heterocycles. The van der Waals surface area contributed by atoms with Crippen molar-refractivity contribution >= 4 is 11.6 Å². The molecule has 0 aromatic heterocycles. The van der Waals surface area contributed by atoms with Crippen LogP contribution in [0.4, 0.5) is 0 Å². The van der Waals surface area contributed by atoms with Crippen LogP contribution in [0.3, 0.4) is 0 Å². The van der Waals surface area contributed by atoms with E-state index < -0.39 is 0 Å². The molecule has 144 valence electrons. The summed E-state index contributed by atoms with van der Waals surface area (Å²) >= 11 is 0. The number of likely N-dealkylation sites (tertiary alicyclic amines) is 1. The van der Waals surface area contributed by atoms with Crippen molar-refractivity contribution < 1.29 is 9.53 Å². The summed E-state index contributed by atoms with van der Waals surface area (Å²) in [6.45, 7) is 4.44. The molecule has 1 aromatic carbocycles. The standard InChI is InChI=1S/C22H29N3O2/c1-15-13-20(26)23-24-21(15)17-5-6-19-16(14-17)7-8-22(27-19)9-11-25(12-10-22)18-3-2-4-18/h5-6,14-15,18H,2-4,7-13H2,1H3,(H,23,26). The number of carbonyl (C=O) groups is 1. The van der Waals surface area contributed by atoms with Crippen LogP contribution in [0.1, 0.15) is 63.0 Å². The number of ether oxygens (including phenoxy) is 1. The fourth-order valence-electron chi connectivity index (χ4n) is 5.08. The van der Waals surface area contributed by atoms with E-state index in [-0.39, 0.29) is 17.4 Å². The number of hydrogen-bond acceptors (Lipinski definition) is 4. The van der Waals surface area contributed by atoms with Gasteiger partial charge in [0.15, 0.2) is 0 Å². The van der Waals surface area contributed by atoms with Gasteiger partial charge in [0.25, 0.3) is 0 Å². The number of carbonyl (C=O) groups excluding carboxylic acids is 1. The predicted molar refractivity (Wildman–Crippen MR) is 105 cm³/mol. The molecule has 5 nitrogen and oxygen atoms in total. The Labute approximate surface area is 161 Å². The van der Waals surface area contributed by atoms with E-state index in [0.717, 1.165) is 48.7 Å². The van der Waals surface area contributed by atoms with Gasteiger partial charge < -0.3 is 9.64 Å². The molecule has 1 aromatic rings. The molecule has 5 rings (SSSR count). The number of fused-ring (bicyclic) bond motifs is 1. The van der Waals surface area contributed by atoms with Crippen molar-refractivity contribution in [1.29, 1.82) is 0 Å². The van der Waals surface area contributed by atoms with Crippen LogP contribution >= 0.6 is 0 Å². The van der Waals surface area contributed by atoms with Crippen LogP contribution in [0.5, 0.6) is 5.75 Å². The van der Waals surface area contributed by atoms with Crippen molar-refractivity contribution in [3.8, 4) is 5.75 Å². The summed E-state index contributed by atoms with van der Waals surface area (Å²) in [6, 6.07) is 7.29. The monoisotopic (exact) mass is 367 g/mol. The zero-order valence-corrected chi connectivity index (χ0v) is 16.2. The summed E-state index contributed by atoms with van der Waals surface area (Å²) < 4.78 is 6.59. The lowest BCUT2D eigenvalue weighted by Crippen LogP contribution is -2.53. The minimum atomic E-state index is 0.00253. The first-order valence-electron chi connectivity index (χ1n) is 10.5. The maximum Gasteiger partial charge on any atom is 0.240 e. The van der Waals surface area contributed by atoms with Crippen molar-refractivity contribution in [2.75, 3.05) is 13.1 Å². The maximum absolute atomic E-state index is 11.5. The number of rotatable bonds is 2. The Bertz CT molecular complexity index is 776. The van der Waals surface area contributed by atoms with E-state index in [2.05, 4.69) is 40.5 Å². The number of hydrogen-bond donors (Lipinski definition) is 1. The topological polar surface area (TPSA) is 53.9 Å². The predicted octanol–water partition coefficient (Wildman–Crippen LogP) is 3.26. The van der Waals surface area contributed by atoms with Crippen molar-refractivity contribution in [2.24, 2.45) is 11.0 Å². The van der Waals surface area contributed by atoms with Crippen LogP contribution in [-0.2, 0) is 11.2 Å². The second kappa shape index (κ2) is 6.62. The van der Waals surface area contributed by atoms with Crippen molar-refractivity contribution in [1.82, 2.24) is 10.3 Å². The maximum atomic E-state index is 11.5. The van der Waals surface area contributed by atoms with Gasteiger partial charge in [-0.2, -0.15) is 5.10 Å². The van der Waals surface area contributed by atoms with Crippen LogP contribution in [0.25, 0.3) is 0 Å². The van der Waals surface area contributed by atoms with Gasteiger partial charge in [0, 0.05) is 31.5 Å². The van der Waals surface area contributed by atoms with E-state index in [0.29, 0.717) is 6.42 Å². The first-order valence-corrected chi connectivity index (χ1v) is 10.5. The molecular weight excluding hydrogens is 338 g/mol. The molecule has 2 fully saturated rings. The van der Waals surface area contributed by atoms with Crippen LogP contribution in [0, 0.1) is 5.92 Å². The molecule has 1 amide bonds. The Morgan fingerprint density at radius 3 is 2.74 bits per heavy atom. The number of aryl methyl sites for hydroxylation is 1. The van der Waals surface area contributed by atoms with Gasteiger partial charge in [-0.15, -0.1) is 0 Å². The Hall–Kier alpha value is -1.88. The highest BCUT2D eigenvalue weighted by atomic mass is 16.5. The Kier molecular flexibility index (Phi) is 4.23. The average Bonchev–Trinajstić information content (AvgIpc) is 2.62. The lowest BCUT2D eigenvalue weighted by Gasteiger charge is -2.48. The number of piperidine rings is 1. The summed E-state index contributed by atoms with van der Waals surface area (Å²) in [7, 11) is 0. The first kappa shape index (κ1) is 17.2. The fraction of sp³-hybridized carbons (Fsp3) is 0.636. The minimum Gasteiger partial charge on any atom is -0.487 e. The van der Waals surface area contributed by atoms with Crippen LogP contribution in [0.2, 0.25) is 0 Å². The SMILES string of the molecule is CC1CC(=O)NN=C1c1ccc2c(c1)CCC1(CCN(C3CCC3)CC1)O2. The third-order valence-electron chi connectivity index (χ3n) is 7.09. The van der Waals surface area contributed by atoms with E-state index in [1.165, 1.54) is 37.9 Å². The number of hydrazone groups is 1. The van der Waals surface area contributed by atoms with Gasteiger partial charge in [-0.25, -0.2) is 5.43 Å². The van der Waals surface area contributed by atoms with Gasteiger partial charge in [-0.1, -0.05) is 13.3 Å². The molecule has 3 aliphatic heterocycles. The molecule has 1 spiro atoms. The smallest absolute Gasteiger partial charge is 0.240 e. The summed E-state index contributed by atoms with van der Waals surface area (Å²) in [4.78, 5) is 14.2. The molecule has 0 bridgehead atoms.